The van der Waals surface area contributed by atoms with Gasteiger partial charge in [0, 0.05) is 0 Å². The molecule has 0 spiro atoms. The van der Waals surface area contributed by atoms with Gasteiger partial charge in [-0.25, -0.2) is 17.6 Å². The molecule has 0 radical (unpaired) electrons. The van der Waals surface area contributed by atoms with Crippen LogP contribution in [0.5, 0.6) is 0 Å². The van der Waals surface area contributed by atoms with Gasteiger partial charge in [0.05, 0.1) is 16.1 Å². The molecule has 5 nitrogen and oxygen atoms in total. The standard InChI is InChI=1S/C14H12FNO4S/c1-9-5-6-12(8-13(9)14(17)18)21(19,20)16-11-4-2-3-10(15)7-11/h2-8,16H,1H3,(H,17,18). The van der Waals surface area contributed by atoms with E-state index in [1.165, 1.54) is 30.3 Å². The molecule has 110 valence electrons. The number of hydrogen-bond acceptors (Lipinski definition) is 3. The van der Waals surface area contributed by atoms with Crippen molar-refractivity contribution in [2.75, 3.05) is 4.72 Å². The Bertz CT molecular complexity index is 802. The third-order valence-corrected chi connectivity index (χ3v) is 4.21. The van der Waals surface area contributed by atoms with Gasteiger partial charge in [0.25, 0.3) is 10.0 Å². The zero-order valence-corrected chi connectivity index (χ0v) is 11.8. The van der Waals surface area contributed by atoms with E-state index in [4.69, 9.17) is 5.11 Å². The summed E-state index contributed by atoms with van der Waals surface area (Å²) in [7, 11) is -3.98. The van der Waals surface area contributed by atoms with E-state index < -0.39 is 21.8 Å². The van der Waals surface area contributed by atoms with Gasteiger partial charge >= 0.3 is 5.97 Å². The number of carboxylic acids is 1. The highest BCUT2D eigenvalue weighted by atomic mass is 32.2. The smallest absolute Gasteiger partial charge is 0.335 e. The molecular weight excluding hydrogens is 297 g/mol. The average molecular weight is 309 g/mol. The van der Waals surface area contributed by atoms with E-state index in [-0.39, 0.29) is 16.1 Å². The molecule has 2 N–H and O–H groups in total. The van der Waals surface area contributed by atoms with Crippen LogP contribution in [-0.2, 0) is 10.0 Å². The first-order valence-electron chi connectivity index (χ1n) is 5.92. The van der Waals surface area contributed by atoms with Crippen molar-refractivity contribution in [3.05, 3.63) is 59.4 Å². The Kier molecular flexibility index (Phi) is 3.95. The zero-order valence-electron chi connectivity index (χ0n) is 11.0. The molecule has 0 unspecified atom stereocenters. The van der Waals surface area contributed by atoms with Crippen LogP contribution in [0, 0.1) is 12.7 Å². The first kappa shape index (κ1) is 15.0. The third kappa shape index (κ3) is 3.38. The number of sulfonamides is 1. The van der Waals surface area contributed by atoms with Crippen LogP contribution in [0.2, 0.25) is 0 Å². The number of aryl methyl sites for hydroxylation is 1. The van der Waals surface area contributed by atoms with Gasteiger partial charge in [-0.2, -0.15) is 0 Å². The SMILES string of the molecule is Cc1ccc(S(=O)(=O)Nc2cccc(F)c2)cc1C(=O)O. The maximum Gasteiger partial charge on any atom is 0.335 e. The summed E-state index contributed by atoms with van der Waals surface area (Å²) < 4.78 is 39.6. The summed E-state index contributed by atoms with van der Waals surface area (Å²) in [6.45, 7) is 1.57. The molecule has 2 aromatic rings. The number of benzene rings is 2. The van der Waals surface area contributed by atoms with Crippen molar-refractivity contribution < 1.29 is 22.7 Å². The molecule has 0 heterocycles. The molecule has 0 bridgehead atoms. The molecular formula is C14H12FNO4S. The van der Waals surface area contributed by atoms with Crippen LogP contribution in [0.4, 0.5) is 10.1 Å². The Morgan fingerprint density at radius 3 is 2.52 bits per heavy atom. The van der Waals surface area contributed by atoms with Crippen molar-refractivity contribution in [1.82, 2.24) is 0 Å². The van der Waals surface area contributed by atoms with Gasteiger partial charge in [0.2, 0.25) is 0 Å². The van der Waals surface area contributed by atoms with E-state index in [2.05, 4.69) is 4.72 Å². The van der Waals surface area contributed by atoms with Gasteiger partial charge in [0.1, 0.15) is 5.82 Å². The molecule has 0 aromatic heterocycles. The summed E-state index contributed by atoms with van der Waals surface area (Å²) in [4.78, 5) is 10.8. The number of hydrogen-bond donors (Lipinski definition) is 2. The first-order chi connectivity index (χ1) is 9.79. The van der Waals surface area contributed by atoms with Crippen molar-refractivity contribution in [3.8, 4) is 0 Å². The monoisotopic (exact) mass is 309 g/mol. The van der Waals surface area contributed by atoms with Crippen molar-refractivity contribution in [1.29, 1.82) is 0 Å². The Balaban J connectivity index is 2.40. The van der Waals surface area contributed by atoms with Crippen molar-refractivity contribution >= 4 is 21.7 Å². The first-order valence-corrected chi connectivity index (χ1v) is 7.40. The molecule has 0 saturated heterocycles. The predicted molar refractivity (Wildman–Crippen MR) is 75.3 cm³/mol. The zero-order chi connectivity index (χ0) is 15.6. The fourth-order valence-electron chi connectivity index (χ4n) is 1.76. The van der Waals surface area contributed by atoms with Gasteiger partial charge in [0.15, 0.2) is 0 Å². The normalized spacial score (nSPS) is 11.1. The van der Waals surface area contributed by atoms with E-state index >= 15 is 0 Å². The van der Waals surface area contributed by atoms with E-state index in [1.54, 1.807) is 6.92 Å². The van der Waals surface area contributed by atoms with Crippen LogP contribution in [0.1, 0.15) is 15.9 Å². The second kappa shape index (κ2) is 5.53. The third-order valence-electron chi connectivity index (χ3n) is 2.83. The second-order valence-electron chi connectivity index (χ2n) is 4.40. The maximum atomic E-state index is 13.1. The minimum Gasteiger partial charge on any atom is -0.478 e. The lowest BCUT2D eigenvalue weighted by Crippen LogP contribution is -2.14. The molecule has 2 aromatic carbocycles. The lowest BCUT2D eigenvalue weighted by atomic mass is 10.1. The molecule has 21 heavy (non-hydrogen) atoms. The van der Waals surface area contributed by atoms with Crippen LogP contribution >= 0.6 is 0 Å². The summed E-state index contributed by atoms with van der Waals surface area (Å²) in [6.07, 6.45) is 0. The molecule has 0 aliphatic rings. The van der Waals surface area contributed by atoms with E-state index in [0.717, 1.165) is 12.1 Å². The number of aromatic carboxylic acids is 1. The number of anilines is 1. The second-order valence-corrected chi connectivity index (χ2v) is 6.08. The molecule has 0 aliphatic heterocycles. The van der Waals surface area contributed by atoms with E-state index in [9.17, 15) is 17.6 Å². The Labute approximate surface area is 121 Å². The molecule has 0 fully saturated rings. The largest absolute Gasteiger partial charge is 0.478 e. The Morgan fingerprint density at radius 1 is 1.19 bits per heavy atom. The summed E-state index contributed by atoms with van der Waals surface area (Å²) in [6, 6.07) is 8.75. The van der Waals surface area contributed by atoms with Crippen LogP contribution in [0.15, 0.2) is 47.4 Å². The summed E-state index contributed by atoms with van der Waals surface area (Å²) >= 11 is 0. The topological polar surface area (TPSA) is 83.5 Å². The van der Waals surface area contributed by atoms with Crippen LogP contribution in [-0.4, -0.2) is 19.5 Å². The quantitative estimate of drug-likeness (QED) is 0.909. The van der Waals surface area contributed by atoms with Crippen LogP contribution in [0.3, 0.4) is 0 Å². The lowest BCUT2D eigenvalue weighted by molar-refractivity contribution is 0.0696. The molecule has 0 atom stereocenters. The molecule has 2 rings (SSSR count). The van der Waals surface area contributed by atoms with Gasteiger partial charge in [-0.3, -0.25) is 4.72 Å². The van der Waals surface area contributed by atoms with Crippen LogP contribution < -0.4 is 4.72 Å². The fraction of sp³-hybridized carbons (Fsp3) is 0.0714. The number of carbonyl (C=O) groups is 1. The number of nitrogens with one attached hydrogen (secondary N) is 1. The predicted octanol–water partition coefficient (Wildman–Crippen LogP) is 2.63. The van der Waals surface area contributed by atoms with Gasteiger partial charge in [-0.1, -0.05) is 12.1 Å². The molecule has 0 saturated carbocycles. The van der Waals surface area contributed by atoms with Gasteiger partial charge < -0.3 is 5.11 Å². The number of carboxylic acid groups (broad SMARTS) is 1. The minimum absolute atomic E-state index is 0.0625. The highest BCUT2D eigenvalue weighted by molar-refractivity contribution is 7.92. The Hall–Kier alpha value is -2.41. The lowest BCUT2D eigenvalue weighted by Gasteiger charge is -2.09. The minimum atomic E-state index is -3.98. The number of halogens is 1. The Morgan fingerprint density at radius 2 is 1.90 bits per heavy atom. The summed E-state index contributed by atoms with van der Waals surface area (Å²) in [5.74, 6) is -1.79. The van der Waals surface area contributed by atoms with Gasteiger partial charge in [-0.15, -0.1) is 0 Å². The fourth-order valence-corrected chi connectivity index (χ4v) is 2.84. The van der Waals surface area contributed by atoms with E-state index in [0.29, 0.717) is 5.56 Å². The van der Waals surface area contributed by atoms with Crippen molar-refractivity contribution in [2.24, 2.45) is 0 Å². The molecule has 7 heteroatoms. The molecule has 0 aliphatic carbocycles. The maximum absolute atomic E-state index is 13.1. The highest BCUT2D eigenvalue weighted by Crippen LogP contribution is 2.19. The summed E-state index contributed by atoms with van der Waals surface area (Å²) in [5.41, 5.74) is 0.414. The molecule has 0 amide bonds. The van der Waals surface area contributed by atoms with E-state index in [1.807, 2.05) is 0 Å². The van der Waals surface area contributed by atoms with Crippen LogP contribution in [0.25, 0.3) is 0 Å². The van der Waals surface area contributed by atoms with Gasteiger partial charge in [-0.05, 0) is 42.8 Å². The number of rotatable bonds is 4. The highest BCUT2D eigenvalue weighted by Gasteiger charge is 2.18. The van der Waals surface area contributed by atoms with Crippen molar-refractivity contribution in [3.63, 3.8) is 0 Å². The van der Waals surface area contributed by atoms with Crippen molar-refractivity contribution in [2.45, 2.75) is 11.8 Å². The average Bonchev–Trinajstić information content (AvgIpc) is 2.38. The summed E-state index contributed by atoms with van der Waals surface area (Å²) in [5, 5.41) is 9.02.